The van der Waals surface area contributed by atoms with E-state index in [0.29, 0.717) is 12.1 Å². The number of hydrogen-bond donors (Lipinski definition) is 3. The lowest BCUT2D eigenvalue weighted by molar-refractivity contribution is 0.474. The number of rotatable bonds is 6. The number of aromatic nitrogens is 3. The molecule has 2 aromatic rings. The minimum absolute atomic E-state index is 0.429. The molecule has 0 aromatic carbocycles. The smallest absolute Gasteiger partial charge is 0.177 e. The lowest BCUT2D eigenvalue weighted by Gasteiger charge is -2.16. The Morgan fingerprint density at radius 2 is 2.06 bits per heavy atom. The van der Waals surface area contributed by atoms with Crippen molar-refractivity contribution in [3.63, 3.8) is 0 Å². The number of hydrogen-bond acceptors (Lipinski definition) is 4. The van der Waals surface area contributed by atoms with Crippen molar-refractivity contribution < 1.29 is 0 Å². The van der Waals surface area contributed by atoms with Gasteiger partial charge in [-0.25, -0.2) is 9.97 Å². The number of H-pyrrole nitrogens is 1. The standard InChI is InChI=1S/C13H21N5/c1-9(2)15-6-10(3)16-7-11-4-5-14-13-12(11)17-8-18-13/h4-5,8-10,15-16H,6-7H2,1-3H3,(H,14,17,18). The van der Waals surface area contributed by atoms with Gasteiger partial charge in [0.15, 0.2) is 5.65 Å². The molecule has 0 aliphatic rings. The third-order valence-electron chi connectivity index (χ3n) is 2.89. The summed E-state index contributed by atoms with van der Waals surface area (Å²) in [7, 11) is 0. The predicted molar refractivity (Wildman–Crippen MR) is 73.3 cm³/mol. The van der Waals surface area contributed by atoms with Crippen molar-refractivity contribution >= 4 is 11.2 Å². The van der Waals surface area contributed by atoms with E-state index < -0.39 is 0 Å². The molecular weight excluding hydrogens is 226 g/mol. The molecule has 0 aliphatic carbocycles. The van der Waals surface area contributed by atoms with E-state index in [1.807, 2.05) is 6.07 Å². The Morgan fingerprint density at radius 1 is 1.22 bits per heavy atom. The maximum absolute atomic E-state index is 4.21. The SMILES string of the molecule is CC(C)NCC(C)NCc1ccnc2nc[nH]c12. The molecule has 18 heavy (non-hydrogen) atoms. The van der Waals surface area contributed by atoms with Crippen LogP contribution in [0.1, 0.15) is 26.3 Å². The van der Waals surface area contributed by atoms with Crippen LogP contribution in [-0.4, -0.2) is 33.6 Å². The molecule has 0 bridgehead atoms. The molecule has 2 aromatic heterocycles. The molecule has 5 nitrogen and oxygen atoms in total. The maximum atomic E-state index is 4.21. The zero-order valence-corrected chi connectivity index (χ0v) is 11.2. The molecule has 0 fully saturated rings. The molecule has 0 saturated carbocycles. The van der Waals surface area contributed by atoms with Gasteiger partial charge < -0.3 is 15.6 Å². The summed E-state index contributed by atoms with van der Waals surface area (Å²) in [5.74, 6) is 0. The largest absolute Gasteiger partial charge is 0.343 e. The van der Waals surface area contributed by atoms with Gasteiger partial charge in [0.05, 0.1) is 11.8 Å². The van der Waals surface area contributed by atoms with E-state index >= 15 is 0 Å². The van der Waals surface area contributed by atoms with Crippen molar-refractivity contribution in [2.45, 2.75) is 39.4 Å². The molecule has 0 saturated heterocycles. The van der Waals surface area contributed by atoms with Crippen LogP contribution in [-0.2, 0) is 6.54 Å². The summed E-state index contributed by atoms with van der Waals surface area (Å²) in [6.45, 7) is 8.28. The molecule has 0 amide bonds. The van der Waals surface area contributed by atoms with Gasteiger partial charge in [0, 0.05) is 31.4 Å². The highest BCUT2D eigenvalue weighted by Gasteiger charge is 2.06. The second-order valence-corrected chi connectivity index (χ2v) is 4.92. The Kier molecular flexibility index (Phi) is 4.28. The molecule has 0 spiro atoms. The van der Waals surface area contributed by atoms with Gasteiger partial charge in [0.25, 0.3) is 0 Å². The first-order valence-corrected chi connectivity index (χ1v) is 6.40. The van der Waals surface area contributed by atoms with Crippen molar-refractivity contribution in [3.8, 4) is 0 Å². The van der Waals surface area contributed by atoms with E-state index in [1.165, 1.54) is 5.56 Å². The van der Waals surface area contributed by atoms with E-state index in [4.69, 9.17) is 0 Å². The Hall–Kier alpha value is -1.46. The van der Waals surface area contributed by atoms with Gasteiger partial charge in [-0.1, -0.05) is 13.8 Å². The minimum Gasteiger partial charge on any atom is -0.343 e. The van der Waals surface area contributed by atoms with Gasteiger partial charge in [0.1, 0.15) is 0 Å². The monoisotopic (exact) mass is 247 g/mol. The van der Waals surface area contributed by atoms with Crippen LogP contribution in [0.5, 0.6) is 0 Å². The molecular formula is C13H21N5. The van der Waals surface area contributed by atoms with Crippen LogP contribution in [0.15, 0.2) is 18.6 Å². The summed E-state index contributed by atoms with van der Waals surface area (Å²) < 4.78 is 0. The first-order chi connectivity index (χ1) is 8.66. The number of nitrogens with zero attached hydrogens (tertiary/aromatic N) is 2. The highest BCUT2D eigenvalue weighted by atomic mass is 15.0. The Bertz CT molecular complexity index is 491. The number of nitrogens with one attached hydrogen (secondary N) is 3. The molecule has 3 N–H and O–H groups in total. The Morgan fingerprint density at radius 3 is 2.83 bits per heavy atom. The van der Waals surface area contributed by atoms with Crippen LogP contribution in [0.4, 0.5) is 0 Å². The minimum atomic E-state index is 0.429. The number of imidazole rings is 1. The maximum Gasteiger partial charge on any atom is 0.177 e. The van der Waals surface area contributed by atoms with Crippen LogP contribution < -0.4 is 10.6 Å². The van der Waals surface area contributed by atoms with Gasteiger partial charge in [-0.2, -0.15) is 0 Å². The predicted octanol–water partition coefficient (Wildman–Crippen LogP) is 1.43. The normalized spacial score (nSPS) is 13.3. The summed E-state index contributed by atoms with van der Waals surface area (Å²) in [6, 6.07) is 2.98. The van der Waals surface area contributed by atoms with E-state index in [0.717, 1.165) is 24.3 Å². The second-order valence-electron chi connectivity index (χ2n) is 4.92. The average molecular weight is 247 g/mol. The summed E-state index contributed by atoms with van der Waals surface area (Å²) in [4.78, 5) is 11.5. The lowest BCUT2D eigenvalue weighted by Crippen LogP contribution is -2.38. The zero-order valence-electron chi connectivity index (χ0n) is 11.2. The number of fused-ring (bicyclic) bond motifs is 1. The van der Waals surface area contributed by atoms with Crippen molar-refractivity contribution in [2.75, 3.05) is 6.54 Å². The van der Waals surface area contributed by atoms with Crippen LogP contribution in [0.2, 0.25) is 0 Å². The van der Waals surface area contributed by atoms with Crippen molar-refractivity contribution in [2.24, 2.45) is 0 Å². The molecule has 0 aliphatic heterocycles. The van der Waals surface area contributed by atoms with Gasteiger partial charge in [0.2, 0.25) is 0 Å². The van der Waals surface area contributed by atoms with Gasteiger partial charge in [-0.3, -0.25) is 0 Å². The van der Waals surface area contributed by atoms with Gasteiger partial charge in [-0.05, 0) is 18.6 Å². The summed E-state index contributed by atoms with van der Waals surface area (Å²) >= 11 is 0. The lowest BCUT2D eigenvalue weighted by atomic mass is 10.2. The molecule has 5 heteroatoms. The van der Waals surface area contributed by atoms with E-state index in [1.54, 1.807) is 12.5 Å². The Labute approximate surface area is 107 Å². The molecule has 1 unspecified atom stereocenters. The first kappa shape index (κ1) is 13.0. The fraction of sp³-hybridized carbons (Fsp3) is 0.538. The topological polar surface area (TPSA) is 65.6 Å². The number of pyridine rings is 1. The molecule has 98 valence electrons. The fourth-order valence-electron chi connectivity index (χ4n) is 1.82. The highest BCUT2D eigenvalue weighted by molar-refractivity contribution is 5.73. The molecule has 1 atom stereocenters. The van der Waals surface area contributed by atoms with E-state index in [2.05, 4.69) is 46.4 Å². The summed E-state index contributed by atoms with van der Waals surface area (Å²) in [5, 5.41) is 6.92. The van der Waals surface area contributed by atoms with Crippen LogP contribution in [0.3, 0.4) is 0 Å². The first-order valence-electron chi connectivity index (χ1n) is 6.40. The van der Waals surface area contributed by atoms with Crippen molar-refractivity contribution in [3.05, 3.63) is 24.2 Å². The van der Waals surface area contributed by atoms with E-state index in [9.17, 15) is 0 Å². The van der Waals surface area contributed by atoms with Crippen molar-refractivity contribution in [1.82, 2.24) is 25.6 Å². The second kappa shape index (κ2) is 5.93. The van der Waals surface area contributed by atoms with E-state index in [-0.39, 0.29) is 0 Å². The van der Waals surface area contributed by atoms with Crippen LogP contribution >= 0.6 is 0 Å². The summed E-state index contributed by atoms with van der Waals surface area (Å²) in [6.07, 6.45) is 3.49. The van der Waals surface area contributed by atoms with Crippen LogP contribution in [0.25, 0.3) is 11.2 Å². The third-order valence-corrected chi connectivity index (χ3v) is 2.89. The fourth-order valence-corrected chi connectivity index (χ4v) is 1.82. The van der Waals surface area contributed by atoms with Gasteiger partial charge in [-0.15, -0.1) is 0 Å². The molecule has 2 rings (SSSR count). The average Bonchev–Trinajstić information content (AvgIpc) is 2.82. The number of aromatic amines is 1. The molecule has 0 radical (unpaired) electrons. The quantitative estimate of drug-likeness (QED) is 0.722. The van der Waals surface area contributed by atoms with Crippen LogP contribution in [0, 0.1) is 0 Å². The Balaban J connectivity index is 1.91. The van der Waals surface area contributed by atoms with Crippen molar-refractivity contribution in [1.29, 1.82) is 0 Å². The zero-order chi connectivity index (χ0) is 13.0. The third kappa shape index (κ3) is 3.27. The van der Waals surface area contributed by atoms with Gasteiger partial charge >= 0.3 is 0 Å². The highest BCUT2D eigenvalue weighted by Crippen LogP contribution is 2.11. The molecule has 2 heterocycles. The summed E-state index contributed by atoms with van der Waals surface area (Å²) in [5.41, 5.74) is 3.00.